The fourth-order valence-corrected chi connectivity index (χ4v) is 1.79. The third-order valence-corrected chi connectivity index (χ3v) is 2.94. The normalized spacial score (nSPS) is 10.7. The summed E-state index contributed by atoms with van der Waals surface area (Å²) in [4.78, 5) is 4.08. The van der Waals surface area contributed by atoms with E-state index >= 15 is 0 Å². The first kappa shape index (κ1) is 11.3. The first-order chi connectivity index (χ1) is 7.58. The lowest BCUT2D eigenvalue weighted by Gasteiger charge is -2.02. The summed E-state index contributed by atoms with van der Waals surface area (Å²) in [7, 11) is 1.75. The number of hydrogen-bond acceptors (Lipinski definition) is 2. The minimum absolute atomic E-state index is 0.302. The zero-order valence-corrected chi connectivity index (χ0v) is 10.1. The molecule has 1 N–H and O–H groups in total. The van der Waals surface area contributed by atoms with Crippen LogP contribution in [0.1, 0.15) is 11.4 Å². The SMILES string of the molecule is Cn1[nH]c(Cc2c(F)cccc2Cl)nc1=S. The van der Waals surface area contributed by atoms with Crippen LogP contribution in [0.5, 0.6) is 0 Å². The standard InChI is InChI=1S/C10H9ClFN3S/c1-15-10(16)13-9(14-15)5-6-7(11)3-2-4-8(6)12/h2-4H,5H2,1H3,(H,13,14,16). The molecule has 0 saturated carbocycles. The molecule has 0 unspecified atom stereocenters. The maximum atomic E-state index is 13.5. The van der Waals surface area contributed by atoms with Crippen LogP contribution in [-0.4, -0.2) is 14.8 Å². The van der Waals surface area contributed by atoms with Crippen molar-refractivity contribution in [2.45, 2.75) is 6.42 Å². The average molecular weight is 258 g/mol. The predicted octanol–water partition coefficient (Wildman–Crippen LogP) is 2.86. The van der Waals surface area contributed by atoms with Crippen molar-refractivity contribution in [3.05, 3.63) is 45.2 Å². The molecular weight excluding hydrogens is 249 g/mol. The third kappa shape index (κ3) is 2.15. The van der Waals surface area contributed by atoms with Crippen LogP contribution in [-0.2, 0) is 13.5 Å². The van der Waals surface area contributed by atoms with Crippen LogP contribution >= 0.6 is 23.8 Å². The van der Waals surface area contributed by atoms with Crippen molar-refractivity contribution in [1.82, 2.24) is 14.8 Å². The van der Waals surface area contributed by atoms with Crippen LogP contribution in [0.4, 0.5) is 4.39 Å². The van der Waals surface area contributed by atoms with Crippen molar-refractivity contribution in [2.24, 2.45) is 7.05 Å². The smallest absolute Gasteiger partial charge is 0.215 e. The van der Waals surface area contributed by atoms with Crippen LogP contribution in [0.3, 0.4) is 0 Å². The van der Waals surface area contributed by atoms with E-state index in [1.54, 1.807) is 23.9 Å². The monoisotopic (exact) mass is 257 g/mol. The Morgan fingerprint density at radius 2 is 2.31 bits per heavy atom. The molecule has 0 bridgehead atoms. The number of nitrogens with zero attached hydrogens (tertiary/aromatic N) is 2. The zero-order chi connectivity index (χ0) is 11.7. The van der Waals surface area contributed by atoms with Gasteiger partial charge in [-0.3, -0.25) is 9.78 Å². The van der Waals surface area contributed by atoms with Gasteiger partial charge in [0.2, 0.25) is 4.77 Å². The number of H-pyrrole nitrogens is 1. The van der Waals surface area contributed by atoms with Gasteiger partial charge in [0.1, 0.15) is 11.6 Å². The predicted molar refractivity (Wildman–Crippen MR) is 62.6 cm³/mol. The molecule has 84 valence electrons. The van der Waals surface area contributed by atoms with Gasteiger partial charge in [0.15, 0.2) is 0 Å². The summed E-state index contributed by atoms with van der Waals surface area (Å²) < 4.78 is 15.5. The van der Waals surface area contributed by atoms with E-state index in [-0.39, 0.29) is 5.82 Å². The number of rotatable bonds is 2. The molecule has 1 heterocycles. The Morgan fingerprint density at radius 3 is 2.88 bits per heavy atom. The van der Waals surface area contributed by atoms with Crippen molar-refractivity contribution < 1.29 is 4.39 Å². The topological polar surface area (TPSA) is 33.6 Å². The van der Waals surface area contributed by atoms with E-state index in [1.165, 1.54) is 6.07 Å². The van der Waals surface area contributed by atoms with Gasteiger partial charge in [-0.15, -0.1) is 0 Å². The third-order valence-electron chi connectivity index (χ3n) is 2.22. The van der Waals surface area contributed by atoms with Crippen molar-refractivity contribution in [3.8, 4) is 0 Å². The van der Waals surface area contributed by atoms with Crippen LogP contribution < -0.4 is 0 Å². The lowest BCUT2D eigenvalue weighted by atomic mass is 10.1. The molecule has 0 aliphatic heterocycles. The molecule has 1 aromatic carbocycles. The molecule has 0 spiro atoms. The maximum absolute atomic E-state index is 13.5. The number of benzene rings is 1. The summed E-state index contributed by atoms with van der Waals surface area (Å²) in [6.07, 6.45) is 0.302. The molecule has 2 aromatic rings. The van der Waals surface area contributed by atoms with E-state index in [4.69, 9.17) is 23.8 Å². The Balaban J connectivity index is 2.37. The number of aromatic amines is 1. The van der Waals surface area contributed by atoms with Gasteiger partial charge < -0.3 is 0 Å². The zero-order valence-electron chi connectivity index (χ0n) is 8.50. The van der Waals surface area contributed by atoms with Crippen molar-refractivity contribution in [3.63, 3.8) is 0 Å². The second-order valence-electron chi connectivity index (χ2n) is 3.39. The van der Waals surface area contributed by atoms with Gasteiger partial charge in [0.05, 0.1) is 0 Å². The Bertz CT molecular complexity index is 555. The highest BCUT2D eigenvalue weighted by Crippen LogP contribution is 2.20. The van der Waals surface area contributed by atoms with E-state index in [2.05, 4.69) is 10.1 Å². The molecule has 0 aliphatic rings. The second kappa shape index (κ2) is 4.35. The molecule has 16 heavy (non-hydrogen) atoms. The van der Waals surface area contributed by atoms with Crippen LogP contribution in [0.2, 0.25) is 5.02 Å². The minimum Gasteiger partial charge on any atom is -0.283 e. The largest absolute Gasteiger partial charge is 0.283 e. The van der Waals surface area contributed by atoms with Gasteiger partial charge in [-0.25, -0.2) is 9.37 Å². The molecule has 0 atom stereocenters. The highest BCUT2D eigenvalue weighted by atomic mass is 35.5. The number of aryl methyl sites for hydroxylation is 1. The summed E-state index contributed by atoms with van der Waals surface area (Å²) in [5.74, 6) is 0.261. The number of halogens is 2. The highest BCUT2D eigenvalue weighted by molar-refractivity contribution is 7.71. The fourth-order valence-electron chi connectivity index (χ4n) is 1.40. The Labute approximate surface area is 102 Å². The average Bonchev–Trinajstić information content (AvgIpc) is 2.53. The van der Waals surface area contributed by atoms with E-state index < -0.39 is 0 Å². The molecule has 6 heteroatoms. The molecule has 1 aromatic heterocycles. The lowest BCUT2D eigenvalue weighted by Crippen LogP contribution is -1.97. The fraction of sp³-hybridized carbons (Fsp3) is 0.200. The van der Waals surface area contributed by atoms with Crippen molar-refractivity contribution in [1.29, 1.82) is 0 Å². The van der Waals surface area contributed by atoms with E-state index in [0.717, 1.165) is 0 Å². The van der Waals surface area contributed by atoms with Crippen LogP contribution in [0, 0.1) is 10.6 Å². The van der Waals surface area contributed by atoms with Crippen LogP contribution in [0.15, 0.2) is 18.2 Å². The van der Waals surface area contributed by atoms with Gasteiger partial charge in [-0.1, -0.05) is 17.7 Å². The molecule has 0 aliphatic carbocycles. The summed E-state index contributed by atoms with van der Waals surface area (Å²) >= 11 is 10.9. The molecule has 0 radical (unpaired) electrons. The van der Waals surface area contributed by atoms with Gasteiger partial charge in [-0.05, 0) is 24.4 Å². The molecule has 0 amide bonds. The van der Waals surface area contributed by atoms with Crippen molar-refractivity contribution in [2.75, 3.05) is 0 Å². The Morgan fingerprint density at radius 1 is 1.56 bits per heavy atom. The number of hydrogen-bond donors (Lipinski definition) is 1. The van der Waals surface area contributed by atoms with E-state index in [9.17, 15) is 4.39 Å². The Kier molecular flexibility index (Phi) is 3.07. The van der Waals surface area contributed by atoms with Gasteiger partial charge in [-0.2, -0.15) is 0 Å². The van der Waals surface area contributed by atoms with Crippen molar-refractivity contribution >= 4 is 23.8 Å². The molecular formula is C10H9ClFN3S. The first-order valence-corrected chi connectivity index (χ1v) is 5.41. The summed E-state index contributed by atoms with van der Waals surface area (Å²) in [5.41, 5.74) is 0.425. The molecule has 0 fully saturated rings. The number of aromatic nitrogens is 3. The summed E-state index contributed by atoms with van der Waals surface area (Å²) in [5, 5.41) is 3.32. The Hall–Kier alpha value is -1.20. The van der Waals surface area contributed by atoms with Gasteiger partial charge >= 0.3 is 0 Å². The maximum Gasteiger partial charge on any atom is 0.215 e. The van der Waals surface area contributed by atoms with Crippen LogP contribution in [0.25, 0.3) is 0 Å². The molecule has 3 nitrogen and oxygen atoms in total. The summed E-state index contributed by atoms with van der Waals surface area (Å²) in [6.45, 7) is 0. The minimum atomic E-state index is -0.336. The first-order valence-electron chi connectivity index (χ1n) is 4.62. The highest BCUT2D eigenvalue weighted by Gasteiger charge is 2.09. The molecule has 0 saturated heterocycles. The molecule has 2 rings (SSSR count). The van der Waals surface area contributed by atoms with E-state index in [0.29, 0.717) is 27.6 Å². The lowest BCUT2D eigenvalue weighted by molar-refractivity contribution is 0.611. The quantitative estimate of drug-likeness (QED) is 0.840. The second-order valence-corrected chi connectivity index (χ2v) is 4.16. The van der Waals surface area contributed by atoms with Gasteiger partial charge in [0, 0.05) is 24.1 Å². The van der Waals surface area contributed by atoms with Gasteiger partial charge in [0.25, 0.3) is 0 Å². The number of nitrogens with one attached hydrogen (secondary N) is 1. The van der Waals surface area contributed by atoms with E-state index in [1.807, 2.05) is 0 Å². The summed E-state index contributed by atoms with van der Waals surface area (Å²) in [6, 6.07) is 4.60.